The Kier molecular flexibility index (Phi) is 4.54. The van der Waals surface area contributed by atoms with Crippen molar-refractivity contribution in [2.24, 2.45) is 40.9 Å². The van der Waals surface area contributed by atoms with Crippen LogP contribution in [0.3, 0.4) is 0 Å². The van der Waals surface area contributed by atoms with Crippen LogP contribution >= 0.6 is 0 Å². The van der Waals surface area contributed by atoms with Crippen molar-refractivity contribution in [1.82, 2.24) is 9.55 Å². The van der Waals surface area contributed by atoms with Gasteiger partial charge in [-0.15, -0.1) is 0 Å². The molecule has 4 fully saturated rings. The summed E-state index contributed by atoms with van der Waals surface area (Å²) >= 11 is 0. The first-order valence-corrected chi connectivity index (χ1v) is 11.7. The second-order valence-electron chi connectivity index (χ2n) is 11.2. The first-order valence-electron chi connectivity index (χ1n) is 11.7. The molecule has 8 atom stereocenters. The molecule has 1 aromatic rings. The molecule has 3 nitrogen and oxygen atoms in total. The summed E-state index contributed by atoms with van der Waals surface area (Å²) in [6, 6.07) is 0. The Hall–Kier alpha value is -1.09. The van der Waals surface area contributed by atoms with Gasteiger partial charge in [-0.2, -0.15) is 0 Å². The third-order valence-electron chi connectivity index (χ3n) is 9.67. The summed E-state index contributed by atoms with van der Waals surface area (Å²) in [4.78, 5) is 4.21. The lowest BCUT2D eigenvalue weighted by atomic mass is 9.49. The summed E-state index contributed by atoms with van der Waals surface area (Å²) in [5.41, 5.74) is 1.47. The Morgan fingerprint density at radius 1 is 1.07 bits per heavy atom. The second-order valence-corrected chi connectivity index (χ2v) is 11.2. The van der Waals surface area contributed by atoms with Gasteiger partial charge in [0, 0.05) is 18.9 Å². The van der Waals surface area contributed by atoms with Crippen molar-refractivity contribution in [3.05, 3.63) is 30.9 Å². The van der Waals surface area contributed by atoms with Crippen LogP contribution in [0, 0.1) is 40.9 Å². The minimum absolute atomic E-state index is 0.402. The van der Waals surface area contributed by atoms with E-state index in [0.29, 0.717) is 11.3 Å². The van der Waals surface area contributed by atoms with Crippen LogP contribution in [-0.4, -0.2) is 20.3 Å². The molecule has 0 aliphatic heterocycles. The van der Waals surface area contributed by atoms with Crippen molar-refractivity contribution in [3.8, 4) is 0 Å². The van der Waals surface area contributed by atoms with Crippen molar-refractivity contribution in [3.63, 3.8) is 0 Å². The van der Waals surface area contributed by atoms with Gasteiger partial charge in [0.1, 0.15) is 0 Å². The molecule has 0 saturated heterocycles. The number of aliphatic hydroxyl groups is 1. The number of hydrogen-bond donors (Lipinski definition) is 1. The highest BCUT2D eigenvalue weighted by Gasteiger charge is 2.57. The lowest BCUT2D eigenvalue weighted by Crippen LogP contribution is -2.50. The Labute approximate surface area is 170 Å². The van der Waals surface area contributed by atoms with E-state index in [4.69, 9.17) is 0 Å². The molecule has 0 aromatic carbocycles. The summed E-state index contributed by atoms with van der Waals surface area (Å²) in [7, 11) is 0. The van der Waals surface area contributed by atoms with E-state index in [0.717, 1.165) is 49.0 Å². The van der Waals surface area contributed by atoms with Gasteiger partial charge >= 0.3 is 0 Å². The smallest absolute Gasteiger partial charge is 0.0948 e. The minimum atomic E-state index is -0.402. The number of nitrogens with zero attached hydrogens (tertiary/aromatic N) is 2. The first kappa shape index (κ1) is 18.9. The van der Waals surface area contributed by atoms with E-state index in [-0.39, 0.29) is 0 Å². The van der Waals surface area contributed by atoms with Gasteiger partial charge in [0.05, 0.1) is 11.9 Å². The lowest BCUT2D eigenvalue weighted by Gasteiger charge is -2.57. The van der Waals surface area contributed by atoms with Crippen molar-refractivity contribution in [2.45, 2.75) is 83.8 Å². The van der Waals surface area contributed by atoms with Gasteiger partial charge in [0.2, 0.25) is 0 Å². The average Bonchev–Trinajstić information content (AvgIpc) is 3.27. The third-order valence-corrected chi connectivity index (χ3v) is 9.67. The van der Waals surface area contributed by atoms with Crippen molar-refractivity contribution in [2.75, 3.05) is 0 Å². The number of aromatic nitrogens is 2. The second kappa shape index (κ2) is 6.72. The Morgan fingerprint density at radius 2 is 1.89 bits per heavy atom. The van der Waals surface area contributed by atoms with E-state index in [9.17, 15) is 5.11 Å². The van der Waals surface area contributed by atoms with E-state index in [2.05, 4.69) is 36.2 Å². The molecule has 28 heavy (non-hydrogen) atoms. The topological polar surface area (TPSA) is 38.0 Å². The molecule has 4 aliphatic carbocycles. The first-order chi connectivity index (χ1) is 13.4. The zero-order chi connectivity index (χ0) is 19.5. The highest BCUT2D eigenvalue weighted by molar-refractivity contribution is 5.16. The number of allylic oxidation sites excluding steroid dienone is 1. The average molecular weight is 383 g/mol. The van der Waals surface area contributed by atoms with Gasteiger partial charge in [-0.3, -0.25) is 0 Å². The van der Waals surface area contributed by atoms with E-state index in [1.807, 2.05) is 12.5 Å². The molecular weight excluding hydrogens is 344 g/mol. The number of rotatable bonds is 3. The molecule has 1 aromatic heterocycles. The quantitative estimate of drug-likeness (QED) is 0.705. The summed E-state index contributed by atoms with van der Waals surface area (Å²) in [5, 5.41) is 10.6. The molecule has 5 rings (SSSR count). The van der Waals surface area contributed by atoms with Gasteiger partial charge in [-0.25, -0.2) is 4.98 Å². The maximum Gasteiger partial charge on any atom is 0.0948 e. The number of fused-ring (bicyclic) bond motifs is 5. The van der Waals surface area contributed by atoms with Crippen molar-refractivity contribution in [1.29, 1.82) is 0 Å². The molecule has 0 bridgehead atoms. The van der Waals surface area contributed by atoms with Crippen LogP contribution in [0.1, 0.15) is 71.6 Å². The largest absolute Gasteiger partial charge is 0.390 e. The Bertz CT molecular complexity index is 723. The van der Waals surface area contributed by atoms with E-state index < -0.39 is 5.60 Å². The lowest BCUT2D eigenvalue weighted by molar-refractivity contribution is -0.0979. The molecule has 3 heteroatoms. The van der Waals surface area contributed by atoms with E-state index in [1.54, 1.807) is 0 Å². The fraction of sp³-hybridized carbons (Fsp3) is 0.800. The van der Waals surface area contributed by atoms with E-state index in [1.165, 1.54) is 50.5 Å². The van der Waals surface area contributed by atoms with Crippen LogP contribution in [0.15, 0.2) is 30.9 Å². The van der Waals surface area contributed by atoms with E-state index >= 15 is 0 Å². The fourth-order valence-electron chi connectivity index (χ4n) is 8.48. The third kappa shape index (κ3) is 3.00. The van der Waals surface area contributed by atoms with Crippen molar-refractivity contribution < 1.29 is 5.11 Å². The monoisotopic (exact) mass is 382 g/mol. The number of imidazole rings is 1. The van der Waals surface area contributed by atoms with Crippen LogP contribution in [-0.2, 0) is 6.54 Å². The molecule has 1 N–H and O–H groups in total. The van der Waals surface area contributed by atoms with Crippen LogP contribution in [0.5, 0.6) is 0 Å². The van der Waals surface area contributed by atoms with Crippen molar-refractivity contribution >= 4 is 0 Å². The SMILES string of the molecule is C=C(Cn1ccnc1)[C@H]1CC[C@H]2[C@@H]3CC[C@H]4C[C@@](C)(O)CC[C@@H]4[C@H]3CC[C@]12C. The standard InChI is InChI=1S/C25H38N2O/c1-17(15-27-13-12-26-16-27)22-6-7-23-21-5-4-18-14-24(2,28)10-8-19(18)20(21)9-11-25(22,23)3/h12-13,16,18-23,28H,1,4-11,14-15H2,2-3H3/t18-,19-,20+,21+,22+,23-,24-,25+/m0/s1. The van der Waals surface area contributed by atoms with Gasteiger partial charge in [0.15, 0.2) is 0 Å². The van der Waals surface area contributed by atoms with Crippen LogP contribution < -0.4 is 0 Å². The summed E-state index contributed by atoms with van der Waals surface area (Å²) < 4.78 is 2.18. The molecule has 154 valence electrons. The summed E-state index contributed by atoms with van der Waals surface area (Å²) in [6.07, 6.45) is 17.5. The molecule has 0 unspecified atom stereocenters. The Balaban J connectivity index is 1.32. The molecule has 4 saturated carbocycles. The molecule has 0 amide bonds. The predicted molar refractivity (Wildman–Crippen MR) is 113 cm³/mol. The van der Waals surface area contributed by atoms with Crippen LogP contribution in [0.25, 0.3) is 0 Å². The maximum atomic E-state index is 10.6. The van der Waals surface area contributed by atoms with Gasteiger partial charge in [-0.1, -0.05) is 19.1 Å². The predicted octanol–water partition coefficient (Wildman–Crippen LogP) is 5.46. The Morgan fingerprint density at radius 3 is 2.68 bits per heavy atom. The maximum absolute atomic E-state index is 10.6. The van der Waals surface area contributed by atoms with Gasteiger partial charge < -0.3 is 9.67 Å². The summed E-state index contributed by atoms with van der Waals surface area (Å²) in [6.45, 7) is 10.2. The normalized spacial score (nSPS) is 47.8. The summed E-state index contributed by atoms with van der Waals surface area (Å²) in [5.74, 6) is 5.08. The molecule has 4 aliphatic rings. The zero-order valence-corrected chi connectivity index (χ0v) is 17.8. The van der Waals surface area contributed by atoms with Crippen LogP contribution in [0.4, 0.5) is 0 Å². The zero-order valence-electron chi connectivity index (χ0n) is 17.8. The number of hydrogen-bond acceptors (Lipinski definition) is 2. The molecule has 1 heterocycles. The molecule has 0 spiro atoms. The highest BCUT2D eigenvalue weighted by atomic mass is 16.3. The highest BCUT2D eigenvalue weighted by Crippen LogP contribution is 2.65. The minimum Gasteiger partial charge on any atom is -0.390 e. The van der Waals surface area contributed by atoms with Gasteiger partial charge in [0.25, 0.3) is 0 Å². The van der Waals surface area contributed by atoms with Gasteiger partial charge in [-0.05, 0) is 106 Å². The fourth-order valence-corrected chi connectivity index (χ4v) is 8.48. The molecular formula is C25H38N2O. The van der Waals surface area contributed by atoms with Crippen LogP contribution in [0.2, 0.25) is 0 Å². The molecule has 0 radical (unpaired) electrons.